The van der Waals surface area contributed by atoms with E-state index >= 15 is 0 Å². The van der Waals surface area contributed by atoms with Crippen molar-refractivity contribution in [3.63, 3.8) is 0 Å². The minimum atomic E-state index is 0.283. The van der Waals surface area contributed by atoms with Crippen LogP contribution in [0.3, 0.4) is 0 Å². The first-order valence-corrected chi connectivity index (χ1v) is 4.44. The molecule has 0 radical (unpaired) electrons. The number of hydrogen-bond donors (Lipinski definition) is 0. The van der Waals surface area contributed by atoms with Crippen LogP contribution in [0.2, 0.25) is 0 Å². The van der Waals surface area contributed by atoms with Gasteiger partial charge in [0.15, 0.2) is 0 Å². The number of rotatable bonds is 4. The molecule has 9 heavy (non-hydrogen) atoms. The second kappa shape index (κ2) is 5.76. The Morgan fingerprint density at radius 3 is 2.78 bits per heavy atom. The summed E-state index contributed by atoms with van der Waals surface area (Å²) in [5.74, 6) is 0. The van der Waals surface area contributed by atoms with Crippen molar-refractivity contribution in [3.8, 4) is 0 Å². The zero-order valence-corrected chi connectivity index (χ0v) is 8.18. The van der Waals surface area contributed by atoms with Crippen LogP contribution in [0.1, 0.15) is 26.2 Å². The Bertz CT molecular complexity index is 107. The van der Waals surface area contributed by atoms with Gasteiger partial charge in [0, 0.05) is 0 Å². The number of hydrogen-bond acceptors (Lipinski definition) is 1. The molecule has 0 amide bonds. The van der Waals surface area contributed by atoms with Gasteiger partial charge in [-0.2, -0.15) is 0 Å². The summed E-state index contributed by atoms with van der Waals surface area (Å²) in [5, 5.41) is 0.283. The van der Waals surface area contributed by atoms with E-state index in [0.717, 1.165) is 6.42 Å². The Morgan fingerprint density at radius 2 is 2.33 bits per heavy atom. The molecule has 0 aromatic carbocycles. The van der Waals surface area contributed by atoms with Crippen molar-refractivity contribution in [2.24, 2.45) is 0 Å². The van der Waals surface area contributed by atoms with Crippen LogP contribution < -0.4 is 0 Å². The molecule has 0 rings (SSSR count). The number of carbonyl (C=O) groups excluding carboxylic acids is 1. The molecule has 0 unspecified atom stereocenters. The van der Waals surface area contributed by atoms with Gasteiger partial charge in [-0.05, 0) is 12.5 Å². The summed E-state index contributed by atoms with van der Waals surface area (Å²) in [5.41, 5.74) is 0. The van der Waals surface area contributed by atoms with Crippen LogP contribution in [0.4, 0.5) is 0 Å². The Kier molecular flexibility index (Phi) is 5.52. The van der Waals surface area contributed by atoms with Crippen LogP contribution in [0.15, 0.2) is 12.2 Å². The fourth-order valence-corrected chi connectivity index (χ4v) is 0.807. The van der Waals surface area contributed by atoms with Gasteiger partial charge < -0.3 is 4.79 Å². The van der Waals surface area contributed by atoms with Gasteiger partial charge in [-0.1, -0.05) is 25.8 Å². The maximum absolute atomic E-state index is 10.4. The average molecular weight is 142 g/mol. The molecule has 52 valence electrons. The first-order valence-electron chi connectivity index (χ1n) is 3.44. The van der Waals surface area contributed by atoms with Crippen LogP contribution >= 0.6 is 0 Å². The second-order valence-electron chi connectivity index (χ2n) is 2.16. The van der Waals surface area contributed by atoms with Gasteiger partial charge >= 0.3 is 0 Å². The molecular weight excluding hydrogens is 128 g/mol. The fourth-order valence-electron chi connectivity index (χ4n) is 0.571. The zero-order valence-electron chi connectivity index (χ0n) is 6.18. The molecule has 0 saturated carbocycles. The van der Waals surface area contributed by atoms with E-state index in [1.807, 2.05) is 6.08 Å². The molecule has 0 N–H and O–H groups in total. The highest BCUT2D eigenvalue weighted by molar-refractivity contribution is 6.60. The standard InChI is InChI=1S/C7H14OSi/c1-2-3-4-5-6-7(8)9/h5-6H,2-4H2,1,9H3. The van der Waals surface area contributed by atoms with Crippen molar-refractivity contribution in [2.45, 2.75) is 26.2 Å². The van der Waals surface area contributed by atoms with E-state index in [-0.39, 0.29) is 5.41 Å². The van der Waals surface area contributed by atoms with Gasteiger partial charge in [0.2, 0.25) is 0 Å². The smallest absolute Gasteiger partial charge is 0.121 e. The molecule has 0 spiro atoms. The van der Waals surface area contributed by atoms with Crippen LogP contribution in [0.25, 0.3) is 0 Å². The number of allylic oxidation sites excluding steroid dienone is 2. The molecule has 0 aromatic heterocycles. The fraction of sp³-hybridized carbons (Fsp3) is 0.571. The summed E-state index contributed by atoms with van der Waals surface area (Å²) >= 11 is 0. The zero-order chi connectivity index (χ0) is 7.11. The predicted octanol–water partition coefficient (Wildman–Crippen LogP) is 0.625. The van der Waals surface area contributed by atoms with Gasteiger partial charge in [0.05, 0.1) is 10.2 Å². The third-order valence-electron chi connectivity index (χ3n) is 1.08. The Labute approximate surface area is 59.6 Å². The van der Waals surface area contributed by atoms with Gasteiger partial charge in [-0.25, -0.2) is 0 Å². The molecule has 0 aliphatic heterocycles. The molecular formula is C7H14OSi. The highest BCUT2D eigenvalue weighted by atomic mass is 28.1. The lowest BCUT2D eigenvalue weighted by atomic mass is 10.2. The highest BCUT2D eigenvalue weighted by Gasteiger charge is 1.80. The normalized spacial score (nSPS) is 10.8. The van der Waals surface area contributed by atoms with Gasteiger partial charge in [0.1, 0.15) is 5.41 Å². The molecule has 2 heteroatoms. The largest absolute Gasteiger partial charge is 0.302 e. The van der Waals surface area contributed by atoms with Crippen molar-refractivity contribution in [1.82, 2.24) is 0 Å². The topological polar surface area (TPSA) is 17.1 Å². The highest BCUT2D eigenvalue weighted by Crippen LogP contribution is 1.93. The van der Waals surface area contributed by atoms with Crippen LogP contribution in [0, 0.1) is 0 Å². The lowest BCUT2D eigenvalue weighted by Gasteiger charge is -1.85. The van der Waals surface area contributed by atoms with Crippen molar-refractivity contribution >= 4 is 15.6 Å². The lowest BCUT2D eigenvalue weighted by Crippen LogP contribution is -1.86. The quantitative estimate of drug-likeness (QED) is 0.319. The molecule has 0 saturated heterocycles. The van der Waals surface area contributed by atoms with Crippen LogP contribution in [-0.2, 0) is 4.79 Å². The SMILES string of the molecule is CCCCC=CC(=O)[SiH3]. The molecule has 1 nitrogen and oxygen atoms in total. The number of unbranched alkanes of at least 4 members (excludes halogenated alkanes) is 2. The molecule has 0 aliphatic rings. The van der Waals surface area contributed by atoms with Crippen LogP contribution in [-0.4, -0.2) is 15.6 Å². The van der Waals surface area contributed by atoms with E-state index < -0.39 is 0 Å². The maximum Gasteiger partial charge on any atom is 0.121 e. The second-order valence-corrected chi connectivity index (χ2v) is 3.14. The Balaban J connectivity index is 3.15. The summed E-state index contributed by atoms with van der Waals surface area (Å²) in [6.45, 7) is 2.15. The first kappa shape index (κ1) is 8.63. The minimum Gasteiger partial charge on any atom is -0.302 e. The van der Waals surface area contributed by atoms with E-state index in [1.165, 1.54) is 12.8 Å². The van der Waals surface area contributed by atoms with Crippen molar-refractivity contribution in [3.05, 3.63) is 12.2 Å². The maximum atomic E-state index is 10.4. The molecule has 0 heterocycles. The van der Waals surface area contributed by atoms with Gasteiger partial charge in [0.25, 0.3) is 0 Å². The molecule has 0 aromatic rings. The van der Waals surface area contributed by atoms with E-state index in [0.29, 0.717) is 10.2 Å². The van der Waals surface area contributed by atoms with E-state index in [4.69, 9.17) is 0 Å². The molecule has 0 fully saturated rings. The summed E-state index contributed by atoms with van der Waals surface area (Å²) in [6.07, 6.45) is 7.14. The van der Waals surface area contributed by atoms with Gasteiger partial charge in [-0.3, -0.25) is 0 Å². The molecule has 0 atom stereocenters. The van der Waals surface area contributed by atoms with Crippen LogP contribution in [0.5, 0.6) is 0 Å². The monoisotopic (exact) mass is 142 g/mol. The Hall–Kier alpha value is -0.373. The predicted molar refractivity (Wildman–Crippen MR) is 43.6 cm³/mol. The molecule has 0 bridgehead atoms. The summed E-state index contributed by atoms with van der Waals surface area (Å²) in [7, 11) is 0.662. The van der Waals surface area contributed by atoms with Crippen molar-refractivity contribution in [1.29, 1.82) is 0 Å². The van der Waals surface area contributed by atoms with E-state index in [2.05, 4.69) is 6.92 Å². The van der Waals surface area contributed by atoms with Gasteiger partial charge in [-0.15, -0.1) is 0 Å². The Morgan fingerprint density at radius 1 is 1.67 bits per heavy atom. The third-order valence-corrected chi connectivity index (χ3v) is 1.41. The summed E-state index contributed by atoms with van der Waals surface area (Å²) in [4.78, 5) is 10.4. The summed E-state index contributed by atoms with van der Waals surface area (Å²) in [6, 6.07) is 0. The summed E-state index contributed by atoms with van der Waals surface area (Å²) < 4.78 is 0. The van der Waals surface area contributed by atoms with Crippen molar-refractivity contribution < 1.29 is 4.79 Å². The minimum absolute atomic E-state index is 0.283. The first-order chi connectivity index (χ1) is 4.27. The van der Waals surface area contributed by atoms with E-state index in [1.54, 1.807) is 6.08 Å². The molecule has 0 aliphatic carbocycles. The van der Waals surface area contributed by atoms with E-state index in [9.17, 15) is 4.79 Å². The third kappa shape index (κ3) is 7.63. The average Bonchev–Trinajstić information content (AvgIpc) is 1.80. The van der Waals surface area contributed by atoms with Crippen molar-refractivity contribution in [2.75, 3.05) is 0 Å². The number of carbonyl (C=O) groups is 1. The lowest BCUT2D eigenvalue weighted by molar-refractivity contribution is -0.107.